The normalized spacial score (nSPS) is 12.8. The lowest BCUT2D eigenvalue weighted by Crippen LogP contribution is -2.27. The molecule has 1 aromatic heterocycles. The summed E-state index contributed by atoms with van der Waals surface area (Å²) in [6.07, 6.45) is 0.700. The third-order valence-electron chi connectivity index (χ3n) is 1.52. The number of aliphatic hydroxyl groups excluding tert-OH is 2. The maximum atomic E-state index is 11.0. The van der Waals surface area contributed by atoms with Crippen molar-refractivity contribution in [3.8, 4) is 0 Å². The molecule has 2 N–H and O–H groups in total. The highest BCUT2D eigenvalue weighted by atomic mass is 16.3. The van der Waals surface area contributed by atoms with E-state index in [9.17, 15) is 4.79 Å². The van der Waals surface area contributed by atoms with Crippen LogP contribution in [0.2, 0.25) is 0 Å². The quantitative estimate of drug-likeness (QED) is 0.622. The summed E-state index contributed by atoms with van der Waals surface area (Å²) in [7, 11) is 0. The van der Waals surface area contributed by atoms with Gasteiger partial charge in [0.15, 0.2) is 0 Å². The molecule has 0 saturated heterocycles. The van der Waals surface area contributed by atoms with Crippen LogP contribution in [-0.4, -0.2) is 27.5 Å². The molecule has 0 fully saturated rings. The molecule has 0 amide bonds. The monoisotopic (exact) mass is 169 g/mol. The minimum absolute atomic E-state index is 0.135. The smallest absolute Gasteiger partial charge is 0.250 e. The van der Waals surface area contributed by atoms with E-state index in [1.807, 2.05) is 0 Å². The van der Waals surface area contributed by atoms with Crippen LogP contribution in [0.1, 0.15) is 0 Å². The fourth-order valence-corrected chi connectivity index (χ4v) is 0.896. The summed E-state index contributed by atoms with van der Waals surface area (Å²) in [5.41, 5.74) is -0.176. The van der Waals surface area contributed by atoms with Gasteiger partial charge in [-0.3, -0.25) is 4.79 Å². The Kier molecular flexibility index (Phi) is 3.01. The lowest BCUT2D eigenvalue weighted by Gasteiger charge is -2.08. The van der Waals surface area contributed by atoms with Crippen LogP contribution in [0, 0.1) is 0 Å². The lowest BCUT2D eigenvalue weighted by molar-refractivity contribution is 0.0804. The van der Waals surface area contributed by atoms with Crippen LogP contribution >= 0.6 is 0 Å². The Labute approximate surface area is 69.7 Å². The first-order valence-electron chi connectivity index (χ1n) is 3.68. The van der Waals surface area contributed by atoms with Gasteiger partial charge in [0, 0.05) is 12.3 Å². The van der Waals surface area contributed by atoms with Gasteiger partial charge in [-0.1, -0.05) is 6.07 Å². The average molecular weight is 169 g/mol. The zero-order chi connectivity index (χ0) is 8.97. The molecule has 0 radical (unpaired) electrons. The van der Waals surface area contributed by atoms with Crippen LogP contribution in [0.15, 0.2) is 29.2 Å². The molecule has 12 heavy (non-hydrogen) atoms. The number of aromatic nitrogens is 1. The fraction of sp³-hybridized carbons (Fsp3) is 0.375. The average Bonchev–Trinajstić information content (AvgIpc) is 2.09. The Balaban J connectivity index is 2.76. The van der Waals surface area contributed by atoms with Gasteiger partial charge in [-0.2, -0.15) is 0 Å². The Bertz CT molecular complexity index is 294. The Morgan fingerprint density at radius 2 is 2.25 bits per heavy atom. The number of pyridine rings is 1. The minimum Gasteiger partial charge on any atom is -0.394 e. The number of hydrogen-bond acceptors (Lipinski definition) is 3. The van der Waals surface area contributed by atoms with Crippen molar-refractivity contribution in [3.05, 3.63) is 34.7 Å². The molecule has 1 atom stereocenters. The maximum absolute atomic E-state index is 11.0. The number of hydrogen-bond donors (Lipinski definition) is 2. The van der Waals surface area contributed by atoms with Gasteiger partial charge < -0.3 is 14.8 Å². The molecule has 0 saturated carbocycles. The molecule has 1 aromatic rings. The summed E-state index contributed by atoms with van der Waals surface area (Å²) in [6.45, 7) is -0.197. The van der Waals surface area contributed by atoms with Crippen molar-refractivity contribution < 1.29 is 10.2 Å². The van der Waals surface area contributed by atoms with Crippen molar-refractivity contribution in [3.63, 3.8) is 0 Å². The largest absolute Gasteiger partial charge is 0.394 e. The molecule has 66 valence electrons. The molecular weight excluding hydrogens is 158 g/mol. The minimum atomic E-state index is -0.870. The van der Waals surface area contributed by atoms with Gasteiger partial charge in [0.1, 0.15) is 0 Å². The molecular formula is C8H11NO3. The van der Waals surface area contributed by atoms with E-state index in [0.29, 0.717) is 0 Å². The van der Waals surface area contributed by atoms with Crippen LogP contribution < -0.4 is 5.56 Å². The van der Waals surface area contributed by atoms with Gasteiger partial charge >= 0.3 is 0 Å². The summed E-state index contributed by atoms with van der Waals surface area (Å²) in [5, 5.41) is 17.5. The van der Waals surface area contributed by atoms with E-state index in [1.165, 1.54) is 10.6 Å². The maximum Gasteiger partial charge on any atom is 0.250 e. The Morgan fingerprint density at radius 3 is 2.83 bits per heavy atom. The van der Waals surface area contributed by atoms with Gasteiger partial charge in [0.05, 0.1) is 19.3 Å². The molecule has 4 nitrogen and oxygen atoms in total. The number of rotatable bonds is 3. The van der Waals surface area contributed by atoms with Crippen molar-refractivity contribution in [2.45, 2.75) is 12.6 Å². The zero-order valence-electron chi connectivity index (χ0n) is 6.55. The van der Waals surface area contributed by atoms with Gasteiger partial charge in [-0.15, -0.1) is 0 Å². The molecule has 0 aliphatic heterocycles. The van der Waals surface area contributed by atoms with E-state index in [1.54, 1.807) is 18.3 Å². The topological polar surface area (TPSA) is 62.5 Å². The molecule has 1 rings (SSSR count). The first-order chi connectivity index (χ1) is 5.74. The first kappa shape index (κ1) is 8.96. The summed E-state index contributed by atoms with van der Waals surface area (Å²) >= 11 is 0. The van der Waals surface area contributed by atoms with Crippen molar-refractivity contribution in [2.24, 2.45) is 0 Å². The molecule has 0 bridgehead atoms. The summed E-state index contributed by atoms with van der Waals surface area (Å²) in [5.74, 6) is 0. The molecule has 0 aliphatic rings. The van der Waals surface area contributed by atoms with Crippen LogP contribution in [0.25, 0.3) is 0 Å². The Morgan fingerprint density at radius 1 is 1.50 bits per heavy atom. The predicted octanol–water partition coefficient (Wildman–Crippen LogP) is -0.798. The highest BCUT2D eigenvalue weighted by Crippen LogP contribution is 1.87. The van der Waals surface area contributed by atoms with Crippen LogP contribution in [0.5, 0.6) is 0 Å². The Hall–Kier alpha value is -1.13. The van der Waals surface area contributed by atoms with Crippen LogP contribution in [0.4, 0.5) is 0 Å². The van der Waals surface area contributed by atoms with Crippen molar-refractivity contribution in [1.29, 1.82) is 0 Å². The summed E-state index contributed by atoms with van der Waals surface area (Å²) < 4.78 is 1.35. The second kappa shape index (κ2) is 4.04. The molecule has 0 aromatic carbocycles. The van der Waals surface area contributed by atoms with Gasteiger partial charge in [-0.05, 0) is 6.07 Å². The molecule has 1 heterocycles. The second-order valence-electron chi connectivity index (χ2n) is 2.53. The SMILES string of the molecule is O=c1ccccn1CC(O)CO. The van der Waals surface area contributed by atoms with Crippen molar-refractivity contribution in [1.82, 2.24) is 4.57 Å². The summed E-state index contributed by atoms with van der Waals surface area (Å²) in [4.78, 5) is 11.0. The second-order valence-corrected chi connectivity index (χ2v) is 2.53. The van der Waals surface area contributed by atoms with Crippen molar-refractivity contribution >= 4 is 0 Å². The highest BCUT2D eigenvalue weighted by molar-refractivity contribution is 4.93. The lowest BCUT2D eigenvalue weighted by atomic mass is 10.3. The summed E-state index contributed by atoms with van der Waals surface area (Å²) in [6, 6.07) is 4.74. The van der Waals surface area contributed by atoms with Gasteiger partial charge in [0.25, 0.3) is 5.56 Å². The third-order valence-corrected chi connectivity index (χ3v) is 1.52. The van der Waals surface area contributed by atoms with E-state index >= 15 is 0 Å². The number of aliphatic hydroxyl groups is 2. The van der Waals surface area contributed by atoms with Crippen molar-refractivity contribution in [2.75, 3.05) is 6.61 Å². The van der Waals surface area contributed by atoms with E-state index < -0.39 is 6.10 Å². The first-order valence-corrected chi connectivity index (χ1v) is 3.68. The fourth-order valence-electron chi connectivity index (χ4n) is 0.896. The zero-order valence-corrected chi connectivity index (χ0v) is 6.55. The van der Waals surface area contributed by atoms with E-state index in [-0.39, 0.29) is 18.7 Å². The molecule has 0 spiro atoms. The molecule has 1 unspecified atom stereocenters. The van der Waals surface area contributed by atoms with E-state index in [0.717, 1.165) is 0 Å². The molecule has 4 heteroatoms. The highest BCUT2D eigenvalue weighted by Gasteiger charge is 2.02. The number of nitrogens with zero attached hydrogens (tertiary/aromatic N) is 1. The van der Waals surface area contributed by atoms with Crippen LogP contribution in [-0.2, 0) is 6.54 Å². The molecule has 0 aliphatic carbocycles. The third kappa shape index (κ3) is 2.18. The van der Waals surface area contributed by atoms with Gasteiger partial charge in [0.2, 0.25) is 0 Å². The predicted molar refractivity (Wildman–Crippen MR) is 43.8 cm³/mol. The standard InChI is InChI=1S/C8H11NO3/c10-6-7(11)5-9-4-2-1-3-8(9)12/h1-4,7,10-11H,5-6H2. The van der Waals surface area contributed by atoms with Gasteiger partial charge in [-0.25, -0.2) is 0 Å². The van der Waals surface area contributed by atoms with E-state index in [4.69, 9.17) is 10.2 Å². The van der Waals surface area contributed by atoms with E-state index in [2.05, 4.69) is 0 Å². The van der Waals surface area contributed by atoms with Crippen LogP contribution in [0.3, 0.4) is 0 Å².